The predicted octanol–water partition coefficient (Wildman–Crippen LogP) is 3.74. The highest BCUT2D eigenvalue weighted by Gasteiger charge is 2.08. The number of hydrogen-bond acceptors (Lipinski definition) is 3. The number of nitrogens with zero attached hydrogens (tertiary/aromatic N) is 1. The quantitative estimate of drug-likeness (QED) is 0.786. The van der Waals surface area contributed by atoms with Crippen LogP contribution in [0.15, 0.2) is 28.8 Å². The lowest BCUT2D eigenvalue weighted by molar-refractivity contribution is 0.414. The third kappa shape index (κ3) is 2.31. The summed E-state index contributed by atoms with van der Waals surface area (Å²) in [6, 6.07) is 5.33. The molecule has 1 heterocycles. The molecule has 0 spiro atoms. The van der Waals surface area contributed by atoms with Crippen molar-refractivity contribution in [2.45, 2.75) is 5.88 Å². The summed E-state index contributed by atoms with van der Waals surface area (Å²) in [6.45, 7) is 0. The summed E-state index contributed by atoms with van der Waals surface area (Å²) in [5.74, 6) is 2.02. The van der Waals surface area contributed by atoms with Gasteiger partial charge in [0.1, 0.15) is 5.75 Å². The van der Waals surface area contributed by atoms with Gasteiger partial charge in [0.05, 0.1) is 19.2 Å². The van der Waals surface area contributed by atoms with Gasteiger partial charge in [0.25, 0.3) is 0 Å². The maximum Gasteiger partial charge on any atom is 0.209 e. The molecule has 0 radical (unpaired) electrons. The fourth-order valence-electron chi connectivity index (χ4n) is 1.33. The molecule has 0 atom stereocenters. The molecule has 2 rings (SSSR count). The van der Waals surface area contributed by atoms with Crippen LogP contribution in [0.3, 0.4) is 0 Å². The van der Waals surface area contributed by atoms with Crippen LogP contribution in [-0.4, -0.2) is 12.1 Å². The van der Waals surface area contributed by atoms with Crippen molar-refractivity contribution in [2.24, 2.45) is 0 Å². The van der Waals surface area contributed by atoms with Gasteiger partial charge in [-0.2, -0.15) is 0 Å². The Labute approximate surface area is 103 Å². The van der Waals surface area contributed by atoms with Crippen molar-refractivity contribution in [1.82, 2.24) is 4.98 Å². The molecular formula is C11H9Cl2NO2. The van der Waals surface area contributed by atoms with E-state index < -0.39 is 0 Å². The van der Waals surface area contributed by atoms with E-state index in [1.807, 2.05) is 6.07 Å². The summed E-state index contributed by atoms with van der Waals surface area (Å²) in [5, 5.41) is 0.582. The van der Waals surface area contributed by atoms with Gasteiger partial charge in [-0.15, -0.1) is 11.6 Å². The molecule has 0 bridgehead atoms. The molecule has 3 nitrogen and oxygen atoms in total. The molecule has 2 aromatic rings. The van der Waals surface area contributed by atoms with Crippen LogP contribution in [-0.2, 0) is 5.88 Å². The standard InChI is InChI=1S/C11H9Cl2NO2/c1-15-9-3-7(2-8(13)4-9)10-6-14-11(5-12)16-10/h2-4,6H,5H2,1H3. The molecule has 84 valence electrons. The summed E-state index contributed by atoms with van der Waals surface area (Å²) < 4.78 is 10.5. The zero-order valence-electron chi connectivity index (χ0n) is 8.54. The topological polar surface area (TPSA) is 35.3 Å². The molecule has 0 saturated carbocycles. The van der Waals surface area contributed by atoms with E-state index in [0.29, 0.717) is 22.4 Å². The third-order valence-corrected chi connectivity index (χ3v) is 2.51. The summed E-state index contributed by atoms with van der Waals surface area (Å²) in [7, 11) is 1.58. The second-order valence-electron chi connectivity index (χ2n) is 3.13. The van der Waals surface area contributed by atoms with Gasteiger partial charge in [-0.3, -0.25) is 0 Å². The first-order chi connectivity index (χ1) is 7.72. The van der Waals surface area contributed by atoms with Crippen LogP contribution in [0.5, 0.6) is 5.75 Å². The molecule has 0 aliphatic heterocycles. The molecule has 0 unspecified atom stereocenters. The van der Waals surface area contributed by atoms with Gasteiger partial charge < -0.3 is 9.15 Å². The second kappa shape index (κ2) is 4.76. The molecule has 0 N–H and O–H groups in total. The Kier molecular flexibility index (Phi) is 3.36. The van der Waals surface area contributed by atoms with Gasteiger partial charge in [-0.05, 0) is 18.2 Å². The fraction of sp³-hybridized carbons (Fsp3) is 0.182. The summed E-state index contributed by atoms with van der Waals surface area (Å²) in [5.41, 5.74) is 0.813. The van der Waals surface area contributed by atoms with Crippen molar-refractivity contribution in [3.63, 3.8) is 0 Å². The van der Waals surface area contributed by atoms with E-state index in [4.69, 9.17) is 32.4 Å². The number of alkyl halides is 1. The SMILES string of the molecule is COc1cc(Cl)cc(-c2cnc(CCl)o2)c1. The van der Waals surface area contributed by atoms with Gasteiger partial charge in [0.15, 0.2) is 5.76 Å². The van der Waals surface area contributed by atoms with Crippen molar-refractivity contribution < 1.29 is 9.15 Å². The average Bonchev–Trinajstić information content (AvgIpc) is 2.76. The van der Waals surface area contributed by atoms with Gasteiger partial charge in [-0.1, -0.05) is 11.6 Å². The van der Waals surface area contributed by atoms with Gasteiger partial charge in [0.2, 0.25) is 5.89 Å². The lowest BCUT2D eigenvalue weighted by Gasteiger charge is -2.03. The Morgan fingerprint density at radius 1 is 1.38 bits per heavy atom. The first kappa shape index (κ1) is 11.3. The number of benzene rings is 1. The van der Waals surface area contributed by atoms with Crippen LogP contribution >= 0.6 is 23.2 Å². The zero-order valence-corrected chi connectivity index (χ0v) is 10.0. The first-order valence-electron chi connectivity index (χ1n) is 4.58. The minimum atomic E-state index is 0.248. The number of oxazole rings is 1. The number of hydrogen-bond donors (Lipinski definition) is 0. The molecule has 5 heteroatoms. The number of ether oxygens (including phenoxy) is 1. The molecule has 1 aromatic heterocycles. The second-order valence-corrected chi connectivity index (χ2v) is 3.84. The van der Waals surface area contributed by atoms with Crippen molar-refractivity contribution >= 4 is 23.2 Å². The van der Waals surface area contributed by atoms with Crippen LogP contribution in [0.25, 0.3) is 11.3 Å². The summed E-state index contributed by atoms with van der Waals surface area (Å²) in [4.78, 5) is 4.01. The average molecular weight is 258 g/mol. The maximum atomic E-state index is 5.95. The Morgan fingerprint density at radius 3 is 2.81 bits per heavy atom. The molecule has 16 heavy (non-hydrogen) atoms. The van der Waals surface area contributed by atoms with Crippen molar-refractivity contribution in [1.29, 1.82) is 0 Å². The Hall–Kier alpha value is -1.19. The predicted molar refractivity (Wildman–Crippen MR) is 63.1 cm³/mol. The van der Waals surface area contributed by atoms with Gasteiger partial charge in [-0.25, -0.2) is 4.98 Å². The fourth-order valence-corrected chi connectivity index (χ4v) is 1.68. The molecule has 0 amide bonds. The highest BCUT2D eigenvalue weighted by molar-refractivity contribution is 6.31. The van der Waals surface area contributed by atoms with Crippen molar-refractivity contribution in [3.05, 3.63) is 35.3 Å². The van der Waals surface area contributed by atoms with E-state index in [1.165, 1.54) is 0 Å². The molecular weight excluding hydrogens is 249 g/mol. The van der Waals surface area contributed by atoms with E-state index in [9.17, 15) is 0 Å². The highest BCUT2D eigenvalue weighted by Crippen LogP contribution is 2.28. The molecule has 1 aromatic carbocycles. The minimum absolute atomic E-state index is 0.248. The monoisotopic (exact) mass is 257 g/mol. The lowest BCUT2D eigenvalue weighted by atomic mass is 10.2. The van der Waals surface area contributed by atoms with Crippen LogP contribution < -0.4 is 4.74 Å². The molecule has 0 fully saturated rings. The number of methoxy groups -OCH3 is 1. The van der Waals surface area contributed by atoms with Crippen molar-refractivity contribution in [3.8, 4) is 17.1 Å². The van der Waals surface area contributed by atoms with Crippen LogP contribution in [0, 0.1) is 0 Å². The van der Waals surface area contributed by atoms with E-state index in [1.54, 1.807) is 25.4 Å². The first-order valence-corrected chi connectivity index (χ1v) is 5.50. The lowest BCUT2D eigenvalue weighted by Crippen LogP contribution is -1.83. The number of rotatable bonds is 3. The number of aromatic nitrogens is 1. The zero-order chi connectivity index (χ0) is 11.5. The Balaban J connectivity index is 2.42. The largest absolute Gasteiger partial charge is 0.497 e. The smallest absolute Gasteiger partial charge is 0.209 e. The van der Waals surface area contributed by atoms with E-state index in [0.717, 1.165) is 5.56 Å². The van der Waals surface area contributed by atoms with Crippen LogP contribution in [0.4, 0.5) is 0 Å². The highest BCUT2D eigenvalue weighted by atomic mass is 35.5. The minimum Gasteiger partial charge on any atom is -0.497 e. The van der Waals surface area contributed by atoms with E-state index in [-0.39, 0.29) is 5.88 Å². The van der Waals surface area contributed by atoms with Gasteiger partial charge in [0, 0.05) is 10.6 Å². The molecule has 0 saturated heterocycles. The van der Waals surface area contributed by atoms with E-state index in [2.05, 4.69) is 4.98 Å². The maximum absolute atomic E-state index is 5.95. The van der Waals surface area contributed by atoms with E-state index >= 15 is 0 Å². The number of halogens is 2. The Morgan fingerprint density at radius 2 is 2.19 bits per heavy atom. The molecule has 0 aliphatic carbocycles. The third-order valence-electron chi connectivity index (χ3n) is 2.06. The Bertz CT molecular complexity index is 496. The summed E-state index contributed by atoms with van der Waals surface area (Å²) >= 11 is 11.6. The van der Waals surface area contributed by atoms with Gasteiger partial charge >= 0.3 is 0 Å². The molecule has 0 aliphatic rings. The normalized spacial score (nSPS) is 10.4. The summed E-state index contributed by atoms with van der Waals surface area (Å²) in [6.07, 6.45) is 1.61. The van der Waals surface area contributed by atoms with Crippen LogP contribution in [0.1, 0.15) is 5.89 Å². The van der Waals surface area contributed by atoms with Crippen molar-refractivity contribution in [2.75, 3.05) is 7.11 Å². The van der Waals surface area contributed by atoms with Crippen LogP contribution in [0.2, 0.25) is 5.02 Å².